The lowest BCUT2D eigenvalue weighted by Crippen LogP contribution is -2.36. The second-order valence-electron chi connectivity index (χ2n) is 5.75. The van der Waals surface area contributed by atoms with E-state index < -0.39 is 11.6 Å². The SMILES string of the molecule is O=C(NC1(c2nc3cnccc3[nH]2)CC1)OCc1ccccc1. The van der Waals surface area contributed by atoms with Gasteiger partial charge < -0.3 is 15.0 Å². The first-order valence-corrected chi connectivity index (χ1v) is 7.54. The molecule has 2 N–H and O–H groups in total. The van der Waals surface area contributed by atoms with Gasteiger partial charge in [-0.05, 0) is 24.5 Å². The molecule has 6 nitrogen and oxygen atoms in total. The molecule has 3 aromatic rings. The van der Waals surface area contributed by atoms with Crippen molar-refractivity contribution in [2.75, 3.05) is 0 Å². The molecule has 0 radical (unpaired) electrons. The Morgan fingerprint density at radius 3 is 2.83 bits per heavy atom. The van der Waals surface area contributed by atoms with Gasteiger partial charge >= 0.3 is 6.09 Å². The van der Waals surface area contributed by atoms with Crippen molar-refractivity contribution in [3.63, 3.8) is 0 Å². The zero-order chi connectivity index (χ0) is 15.7. The molecule has 0 spiro atoms. The van der Waals surface area contributed by atoms with Crippen LogP contribution < -0.4 is 5.32 Å². The highest BCUT2D eigenvalue weighted by Crippen LogP contribution is 2.44. The molecule has 0 aliphatic heterocycles. The van der Waals surface area contributed by atoms with Crippen molar-refractivity contribution in [2.24, 2.45) is 0 Å². The number of benzene rings is 1. The molecule has 23 heavy (non-hydrogen) atoms. The van der Waals surface area contributed by atoms with Crippen LogP contribution in [0.4, 0.5) is 4.79 Å². The quantitative estimate of drug-likeness (QED) is 0.776. The Morgan fingerprint density at radius 1 is 1.26 bits per heavy atom. The Balaban J connectivity index is 1.44. The predicted molar refractivity (Wildman–Crippen MR) is 84.6 cm³/mol. The standard InChI is InChI=1S/C17H16N4O2/c22-16(23-11-12-4-2-1-3-5-12)21-17(7-8-17)15-19-13-6-9-18-10-14(13)20-15/h1-6,9-10H,7-8,11H2,(H,19,20)(H,21,22). The van der Waals surface area contributed by atoms with E-state index in [1.807, 2.05) is 36.4 Å². The minimum Gasteiger partial charge on any atom is -0.445 e. The number of carbonyl (C=O) groups is 1. The van der Waals surface area contributed by atoms with Gasteiger partial charge in [-0.2, -0.15) is 0 Å². The van der Waals surface area contributed by atoms with E-state index in [0.717, 1.165) is 35.3 Å². The third-order valence-corrected chi connectivity index (χ3v) is 4.04. The molecule has 2 aromatic heterocycles. The molecule has 1 aromatic carbocycles. The normalized spacial score (nSPS) is 15.3. The number of amides is 1. The first-order valence-electron chi connectivity index (χ1n) is 7.54. The summed E-state index contributed by atoms with van der Waals surface area (Å²) in [7, 11) is 0. The van der Waals surface area contributed by atoms with E-state index in [1.165, 1.54) is 0 Å². The molecule has 0 atom stereocenters. The van der Waals surface area contributed by atoms with Crippen molar-refractivity contribution in [1.82, 2.24) is 20.3 Å². The summed E-state index contributed by atoms with van der Waals surface area (Å²) in [5, 5.41) is 2.94. The van der Waals surface area contributed by atoms with Gasteiger partial charge in [0.2, 0.25) is 0 Å². The van der Waals surface area contributed by atoms with Gasteiger partial charge in [-0.3, -0.25) is 4.98 Å². The zero-order valence-corrected chi connectivity index (χ0v) is 12.5. The van der Waals surface area contributed by atoms with Crippen LogP contribution in [0, 0.1) is 0 Å². The average Bonchev–Trinajstić information content (AvgIpc) is 3.22. The van der Waals surface area contributed by atoms with Gasteiger partial charge in [-0.1, -0.05) is 30.3 Å². The number of hydrogen-bond acceptors (Lipinski definition) is 4. The van der Waals surface area contributed by atoms with E-state index in [2.05, 4.69) is 20.3 Å². The maximum absolute atomic E-state index is 12.1. The van der Waals surface area contributed by atoms with Gasteiger partial charge in [0.05, 0.1) is 11.7 Å². The monoisotopic (exact) mass is 308 g/mol. The number of nitrogens with zero attached hydrogens (tertiary/aromatic N) is 2. The number of fused-ring (bicyclic) bond motifs is 1. The van der Waals surface area contributed by atoms with Crippen LogP contribution >= 0.6 is 0 Å². The molecule has 1 fully saturated rings. The third kappa shape index (κ3) is 2.75. The topological polar surface area (TPSA) is 79.9 Å². The van der Waals surface area contributed by atoms with Crippen molar-refractivity contribution < 1.29 is 9.53 Å². The number of alkyl carbamates (subject to hydrolysis) is 1. The fourth-order valence-electron chi connectivity index (χ4n) is 2.58. The summed E-state index contributed by atoms with van der Waals surface area (Å²) >= 11 is 0. The highest BCUT2D eigenvalue weighted by molar-refractivity contribution is 5.75. The largest absolute Gasteiger partial charge is 0.445 e. The number of hydrogen-bond donors (Lipinski definition) is 2. The van der Waals surface area contributed by atoms with Gasteiger partial charge in [0.15, 0.2) is 0 Å². The smallest absolute Gasteiger partial charge is 0.408 e. The summed E-state index contributed by atoms with van der Waals surface area (Å²) in [5.41, 5.74) is 2.24. The molecule has 1 saturated carbocycles. The van der Waals surface area contributed by atoms with E-state index >= 15 is 0 Å². The number of H-pyrrole nitrogens is 1. The third-order valence-electron chi connectivity index (χ3n) is 4.04. The van der Waals surface area contributed by atoms with Crippen LogP contribution in [-0.2, 0) is 16.9 Å². The first-order chi connectivity index (χ1) is 11.3. The lowest BCUT2D eigenvalue weighted by molar-refractivity contribution is 0.133. The summed E-state index contributed by atoms with van der Waals surface area (Å²) in [5.74, 6) is 0.761. The number of pyridine rings is 1. The van der Waals surface area contributed by atoms with Crippen molar-refractivity contribution in [3.8, 4) is 0 Å². The molecule has 0 saturated heterocycles. The van der Waals surface area contributed by atoms with Crippen molar-refractivity contribution in [3.05, 3.63) is 60.2 Å². The van der Waals surface area contributed by atoms with Gasteiger partial charge in [0, 0.05) is 6.20 Å². The van der Waals surface area contributed by atoms with Crippen LogP contribution in [0.15, 0.2) is 48.8 Å². The fourth-order valence-corrected chi connectivity index (χ4v) is 2.58. The fraction of sp³-hybridized carbons (Fsp3) is 0.235. The Morgan fingerprint density at radius 2 is 2.09 bits per heavy atom. The molecule has 0 bridgehead atoms. The van der Waals surface area contributed by atoms with Crippen molar-refractivity contribution >= 4 is 17.1 Å². The molecule has 1 aliphatic carbocycles. The molecule has 6 heteroatoms. The Hall–Kier alpha value is -2.89. The van der Waals surface area contributed by atoms with Crippen LogP contribution in [0.2, 0.25) is 0 Å². The maximum Gasteiger partial charge on any atom is 0.408 e. The number of imidazole rings is 1. The Labute approximate surface area is 132 Å². The molecule has 1 amide bonds. The zero-order valence-electron chi connectivity index (χ0n) is 12.5. The average molecular weight is 308 g/mol. The molecule has 1 aliphatic rings. The van der Waals surface area contributed by atoms with Gasteiger partial charge in [-0.25, -0.2) is 9.78 Å². The maximum atomic E-state index is 12.1. The summed E-state index contributed by atoms with van der Waals surface area (Å²) in [6.07, 6.45) is 4.69. The van der Waals surface area contributed by atoms with Gasteiger partial charge in [0.25, 0.3) is 0 Å². The van der Waals surface area contributed by atoms with Gasteiger partial charge in [0.1, 0.15) is 23.5 Å². The minimum atomic E-state index is -0.438. The Kier molecular flexibility index (Phi) is 3.22. The van der Waals surface area contributed by atoms with E-state index in [1.54, 1.807) is 12.4 Å². The predicted octanol–water partition coefficient (Wildman–Crippen LogP) is 2.87. The second kappa shape index (κ2) is 5.39. The molecule has 0 unspecified atom stereocenters. The first kappa shape index (κ1) is 13.8. The number of rotatable bonds is 4. The van der Waals surface area contributed by atoms with Gasteiger partial charge in [-0.15, -0.1) is 0 Å². The summed E-state index contributed by atoms with van der Waals surface area (Å²) < 4.78 is 5.30. The van der Waals surface area contributed by atoms with Crippen molar-refractivity contribution in [2.45, 2.75) is 25.0 Å². The van der Waals surface area contributed by atoms with E-state index in [0.29, 0.717) is 0 Å². The molecular formula is C17H16N4O2. The lowest BCUT2D eigenvalue weighted by atomic mass is 10.2. The molecule has 4 rings (SSSR count). The summed E-state index contributed by atoms with van der Waals surface area (Å²) in [6, 6.07) is 11.5. The summed E-state index contributed by atoms with van der Waals surface area (Å²) in [4.78, 5) is 23.9. The van der Waals surface area contributed by atoms with E-state index in [4.69, 9.17) is 4.74 Å². The van der Waals surface area contributed by atoms with Crippen LogP contribution in [-0.4, -0.2) is 21.0 Å². The number of nitrogens with one attached hydrogen (secondary N) is 2. The van der Waals surface area contributed by atoms with Crippen LogP contribution in [0.3, 0.4) is 0 Å². The van der Waals surface area contributed by atoms with Crippen LogP contribution in [0.1, 0.15) is 24.2 Å². The molecule has 116 valence electrons. The highest BCUT2D eigenvalue weighted by Gasteiger charge is 2.49. The van der Waals surface area contributed by atoms with Crippen molar-refractivity contribution in [1.29, 1.82) is 0 Å². The number of aromatic amines is 1. The van der Waals surface area contributed by atoms with Crippen LogP contribution in [0.5, 0.6) is 0 Å². The Bertz CT molecular complexity index is 807. The number of aromatic nitrogens is 3. The van der Waals surface area contributed by atoms with E-state index in [9.17, 15) is 4.79 Å². The van der Waals surface area contributed by atoms with Crippen LogP contribution in [0.25, 0.3) is 11.0 Å². The highest BCUT2D eigenvalue weighted by atomic mass is 16.5. The number of ether oxygens (including phenoxy) is 1. The second-order valence-corrected chi connectivity index (χ2v) is 5.75. The van der Waals surface area contributed by atoms with E-state index in [-0.39, 0.29) is 6.61 Å². The number of carbonyl (C=O) groups excluding carboxylic acids is 1. The lowest BCUT2D eigenvalue weighted by Gasteiger charge is -2.15. The molecular weight excluding hydrogens is 292 g/mol. The minimum absolute atomic E-state index is 0.257. The summed E-state index contributed by atoms with van der Waals surface area (Å²) in [6.45, 7) is 0.257. The molecule has 2 heterocycles.